The van der Waals surface area contributed by atoms with Gasteiger partial charge < -0.3 is 11.1 Å². The van der Waals surface area contributed by atoms with Gasteiger partial charge in [0.1, 0.15) is 0 Å². The van der Waals surface area contributed by atoms with Crippen LogP contribution in [0.4, 0.5) is 0 Å². The molecule has 1 amide bonds. The maximum absolute atomic E-state index is 12.0. The van der Waals surface area contributed by atoms with Crippen LogP contribution in [0.1, 0.15) is 44.2 Å². The van der Waals surface area contributed by atoms with Crippen molar-refractivity contribution in [1.29, 1.82) is 0 Å². The molecule has 21 heavy (non-hydrogen) atoms. The summed E-state index contributed by atoms with van der Waals surface area (Å²) >= 11 is 0. The molecule has 1 unspecified atom stereocenters. The van der Waals surface area contributed by atoms with Gasteiger partial charge in [0, 0.05) is 12.1 Å². The Morgan fingerprint density at radius 3 is 2.76 bits per heavy atom. The number of hydrogen-bond acceptors (Lipinski definition) is 2. The highest BCUT2D eigenvalue weighted by Crippen LogP contribution is 2.26. The number of nitrogens with two attached hydrogens (primary N) is 1. The first-order valence-electron chi connectivity index (χ1n) is 7.30. The number of fused-ring (bicyclic) bond motifs is 1. The van der Waals surface area contributed by atoms with Gasteiger partial charge in [0.05, 0.1) is 6.04 Å². The average Bonchev–Trinajstić information content (AvgIpc) is 2.49. The molecule has 0 fully saturated rings. The van der Waals surface area contributed by atoms with E-state index in [0.29, 0.717) is 6.54 Å². The van der Waals surface area contributed by atoms with E-state index in [0.717, 1.165) is 28.7 Å². The summed E-state index contributed by atoms with van der Waals surface area (Å²) in [6, 6.07) is 12.1. The van der Waals surface area contributed by atoms with Crippen molar-refractivity contribution in [3.8, 4) is 0 Å². The Morgan fingerprint density at radius 1 is 1.14 bits per heavy atom. The summed E-state index contributed by atoms with van der Waals surface area (Å²) in [6.45, 7) is 4.85. The Balaban J connectivity index is 2.02. The lowest BCUT2D eigenvalue weighted by atomic mass is 9.90. The number of rotatable bonds is 2. The summed E-state index contributed by atoms with van der Waals surface area (Å²) < 4.78 is 0. The van der Waals surface area contributed by atoms with Gasteiger partial charge in [0.25, 0.3) is 5.91 Å². The van der Waals surface area contributed by atoms with Crippen molar-refractivity contribution in [2.24, 2.45) is 5.73 Å². The number of benzene rings is 2. The fraction of sp³-hybridized carbons (Fsp3) is 0.278. The summed E-state index contributed by atoms with van der Waals surface area (Å²) in [5.74, 6) is 0.00580. The second kappa shape index (κ2) is 5.34. The normalized spacial score (nSPS) is 15.3. The van der Waals surface area contributed by atoms with Crippen LogP contribution in [0, 0.1) is 13.8 Å². The monoisotopic (exact) mass is 280 g/mol. The average molecular weight is 280 g/mol. The SMILES string of the molecule is Cc1ccc(C)c(C(N)c2ccc3c(c2)C(=O)NCC3)c1. The number of carbonyl (C=O) groups is 1. The van der Waals surface area contributed by atoms with Gasteiger partial charge in [-0.05, 0) is 48.6 Å². The number of aryl methyl sites for hydroxylation is 2. The largest absolute Gasteiger partial charge is 0.352 e. The lowest BCUT2D eigenvalue weighted by Crippen LogP contribution is -2.32. The Kier molecular flexibility index (Phi) is 3.52. The van der Waals surface area contributed by atoms with Crippen molar-refractivity contribution >= 4 is 5.91 Å². The topological polar surface area (TPSA) is 55.1 Å². The lowest BCUT2D eigenvalue weighted by Gasteiger charge is -2.20. The lowest BCUT2D eigenvalue weighted by molar-refractivity contribution is 0.0946. The fourth-order valence-electron chi connectivity index (χ4n) is 2.90. The molecule has 0 saturated carbocycles. The first kappa shape index (κ1) is 13.8. The Bertz CT molecular complexity index is 706. The molecule has 3 rings (SSSR count). The van der Waals surface area contributed by atoms with Crippen LogP contribution >= 0.6 is 0 Å². The van der Waals surface area contributed by atoms with Crippen LogP contribution in [-0.2, 0) is 6.42 Å². The van der Waals surface area contributed by atoms with Gasteiger partial charge in [0.2, 0.25) is 0 Å². The number of carbonyl (C=O) groups excluding carboxylic acids is 1. The number of nitrogens with one attached hydrogen (secondary N) is 1. The van der Waals surface area contributed by atoms with Crippen molar-refractivity contribution in [2.45, 2.75) is 26.3 Å². The van der Waals surface area contributed by atoms with Gasteiger partial charge in [-0.1, -0.05) is 35.9 Å². The van der Waals surface area contributed by atoms with Crippen molar-refractivity contribution in [2.75, 3.05) is 6.54 Å². The molecule has 0 saturated heterocycles. The minimum absolute atomic E-state index is 0.00580. The molecule has 0 aliphatic carbocycles. The van der Waals surface area contributed by atoms with Gasteiger partial charge >= 0.3 is 0 Å². The van der Waals surface area contributed by atoms with E-state index >= 15 is 0 Å². The highest BCUT2D eigenvalue weighted by Gasteiger charge is 2.19. The zero-order valence-corrected chi connectivity index (χ0v) is 12.4. The predicted octanol–water partition coefficient (Wildman–Crippen LogP) is 2.64. The molecular weight excluding hydrogens is 260 g/mol. The zero-order valence-electron chi connectivity index (χ0n) is 12.4. The molecule has 0 spiro atoms. The Morgan fingerprint density at radius 2 is 1.95 bits per heavy atom. The quantitative estimate of drug-likeness (QED) is 0.888. The van der Waals surface area contributed by atoms with Gasteiger partial charge in [-0.15, -0.1) is 0 Å². The van der Waals surface area contributed by atoms with E-state index < -0.39 is 0 Å². The highest BCUT2D eigenvalue weighted by atomic mass is 16.1. The first-order chi connectivity index (χ1) is 10.1. The van der Waals surface area contributed by atoms with E-state index in [1.165, 1.54) is 11.1 Å². The summed E-state index contributed by atoms with van der Waals surface area (Å²) in [7, 11) is 0. The Labute approximate surface area is 125 Å². The number of amides is 1. The summed E-state index contributed by atoms with van der Waals surface area (Å²) in [5, 5.41) is 2.88. The highest BCUT2D eigenvalue weighted by molar-refractivity contribution is 5.96. The minimum atomic E-state index is -0.204. The van der Waals surface area contributed by atoms with E-state index in [-0.39, 0.29) is 11.9 Å². The van der Waals surface area contributed by atoms with Crippen molar-refractivity contribution in [3.63, 3.8) is 0 Å². The molecule has 2 aromatic rings. The van der Waals surface area contributed by atoms with Crippen LogP contribution in [0.3, 0.4) is 0 Å². The summed E-state index contributed by atoms with van der Waals surface area (Å²) in [6.07, 6.45) is 0.889. The summed E-state index contributed by atoms with van der Waals surface area (Å²) in [4.78, 5) is 12.0. The van der Waals surface area contributed by atoms with Crippen molar-refractivity contribution in [3.05, 3.63) is 69.8 Å². The van der Waals surface area contributed by atoms with Crippen molar-refractivity contribution in [1.82, 2.24) is 5.32 Å². The number of hydrogen-bond donors (Lipinski definition) is 2. The third-order valence-corrected chi connectivity index (χ3v) is 4.19. The van der Waals surface area contributed by atoms with Crippen LogP contribution in [0.15, 0.2) is 36.4 Å². The molecule has 108 valence electrons. The third kappa shape index (κ3) is 2.57. The molecule has 0 aromatic heterocycles. The van der Waals surface area contributed by atoms with Crippen molar-refractivity contribution < 1.29 is 4.79 Å². The molecule has 1 heterocycles. The first-order valence-corrected chi connectivity index (χ1v) is 7.30. The molecule has 3 nitrogen and oxygen atoms in total. The van der Waals surface area contributed by atoms with Gasteiger partial charge in [-0.2, -0.15) is 0 Å². The maximum atomic E-state index is 12.0. The van der Waals surface area contributed by atoms with E-state index in [1.54, 1.807) is 0 Å². The van der Waals surface area contributed by atoms with Crippen LogP contribution in [0.25, 0.3) is 0 Å². The molecule has 2 aromatic carbocycles. The molecule has 1 aliphatic heterocycles. The molecule has 0 radical (unpaired) electrons. The zero-order chi connectivity index (χ0) is 15.0. The van der Waals surface area contributed by atoms with Crippen LogP contribution in [-0.4, -0.2) is 12.5 Å². The van der Waals surface area contributed by atoms with E-state index in [1.807, 2.05) is 18.2 Å². The van der Waals surface area contributed by atoms with Gasteiger partial charge in [-0.25, -0.2) is 0 Å². The molecule has 1 atom stereocenters. The third-order valence-electron chi connectivity index (χ3n) is 4.19. The molecule has 3 heteroatoms. The standard InChI is InChI=1S/C18H20N2O/c1-11-3-4-12(2)15(9-11)17(19)14-6-5-13-7-8-20-18(21)16(13)10-14/h3-6,9-10,17H,7-8,19H2,1-2H3,(H,20,21). The van der Waals surface area contributed by atoms with E-state index in [9.17, 15) is 4.79 Å². The molecule has 1 aliphatic rings. The van der Waals surface area contributed by atoms with E-state index in [2.05, 4.69) is 37.4 Å². The predicted molar refractivity (Wildman–Crippen MR) is 84.4 cm³/mol. The molecule has 0 bridgehead atoms. The second-order valence-electron chi connectivity index (χ2n) is 5.76. The Hall–Kier alpha value is -2.13. The van der Waals surface area contributed by atoms with E-state index in [4.69, 9.17) is 5.73 Å². The van der Waals surface area contributed by atoms with Gasteiger partial charge in [-0.3, -0.25) is 4.79 Å². The van der Waals surface area contributed by atoms with Crippen LogP contribution in [0.5, 0.6) is 0 Å². The van der Waals surface area contributed by atoms with Crippen LogP contribution in [0.2, 0.25) is 0 Å². The fourth-order valence-corrected chi connectivity index (χ4v) is 2.90. The maximum Gasteiger partial charge on any atom is 0.251 e. The molecular formula is C18H20N2O. The smallest absolute Gasteiger partial charge is 0.251 e. The minimum Gasteiger partial charge on any atom is -0.352 e. The van der Waals surface area contributed by atoms with Gasteiger partial charge in [0.15, 0.2) is 0 Å². The second-order valence-corrected chi connectivity index (χ2v) is 5.76. The van der Waals surface area contributed by atoms with Crippen LogP contribution < -0.4 is 11.1 Å². The summed E-state index contributed by atoms with van der Waals surface area (Å²) in [5.41, 5.74) is 12.8. The molecule has 3 N–H and O–H groups in total.